The SMILES string of the molecule is C=C(C)[C@@H]1CC[C@]2(CCNCCN3CCS(=O)(=O)CC3)CC[C@]3(C)[C@H](CC[C@@H]4[C@@]5(C)CC=C(c6ccc(C(=O)OC(C)(C)C)cc6)C(C)(C)[C@@H]5CC[C@]43C)[C@@H]12. The zero-order chi connectivity index (χ0) is 39.8. The van der Waals surface area contributed by atoms with Crippen LogP contribution in [0.15, 0.2) is 42.5 Å². The summed E-state index contributed by atoms with van der Waals surface area (Å²) >= 11 is 0. The van der Waals surface area contributed by atoms with Crippen LogP contribution < -0.4 is 5.32 Å². The number of nitrogens with one attached hydrogen (secondary N) is 1. The van der Waals surface area contributed by atoms with Gasteiger partial charge >= 0.3 is 5.97 Å². The van der Waals surface area contributed by atoms with Gasteiger partial charge in [0.25, 0.3) is 0 Å². The number of fused-ring (bicyclic) bond motifs is 7. The Kier molecular flexibility index (Phi) is 10.8. The van der Waals surface area contributed by atoms with Crippen molar-refractivity contribution in [2.45, 2.75) is 132 Å². The minimum atomic E-state index is -2.83. The molecule has 1 aromatic rings. The summed E-state index contributed by atoms with van der Waals surface area (Å²) in [4.78, 5) is 15.1. The third-order valence-electron chi connectivity index (χ3n) is 17.5. The largest absolute Gasteiger partial charge is 0.456 e. The van der Waals surface area contributed by atoms with Crippen LogP contribution in [0.2, 0.25) is 0 Å². The van der Waals surface area contributed by atoms with Crippen LogP contribution in [-0.2, 0) is 14.6 Å². The van der Waals surface area contributed by atoms with E-state index in [2.05, 4.69) is 76.5 Å². The first-order chi connectivity index (χ1) is 25.7. The predicted octanol–water partition coefficient (Wildman–Crippen LogP) is 10.0. The Morgan fingerprint density at radius 2 is 1.58 bits per heavy atom. The summed E-state index contributed by atoms with van der Waals surface area (Å²) in [5.74, 6) is 3.77. The van der Waals surface area contributed by atoms with Crippen molar-refractivity contribution in [3.8, 4) is 0 Å². The number of esters is 1. The van der Waals surface area contributed by atoms with Crippen molar-refractivity contribution in [3.05, 3.63) is 53.6 Å². The van der Waals surface area contributed by atoms with E-state index >= 15 is 0 Å². The Bertz CT molecular complexity index is 1760. The number of nitrogens with zero attached hydrogens (tertiary/aromatic N) is 1. The lowest BCUT2D eigenvalue weighted by Gasteiger charge is -2.72. The quantitative estimate of drug-likeness (QED) is 0.153. The highest BCUT2D eigenvalue weighted by atomic mass is 32.2. The molecule has 6 aliphatic rings. The zero-order valence-corrected chi connectivity index (χ0v) is 36.8. The molecule has 0 radical (unpaired) electrons. The van der Waals surface area contributed by atoms with Crippen LogP contribution in [0.3, 0.4) is 0 Å². The molecule has 1 saturated heterocycles. The van der Waals surface area contributed by atoms with Crippen LogP contribution in [0.1, 0.15) is 142 Å². The number of hydrogen-bond acceptors (Lipinski definition) is 6. The molecule has 0 amide bonds. The first-order valence-corrected chi connectivity index (χ1v) is 23.8. The first-order valence-electron chi connectivity index (χ1n) is 22.0. The summed E-state index contributed by atoms with van der Waals surface area (Å²) in [5.41, 5.74) is 5.55. The number of carbonyl (C=O) groups is 1. The minimum absolute atomic E-state index is 0.0381. The lowest BCUT2D eigenvalue weighted by Crippen LogP contribution is -2.65. The Hall–Kier alpha value is -1.96. The van der Waals surface area contributed by atoms with Gasteiger partial charge in [0, 0.05) is 26.2 Å². The van der Waals surface area contributed by atoms with Gasteiger partial charge in [-0.25, -0.2) is 13.2 Å². The van der Waals surface area contributed by atoms with Crippen molar-refractivity contribution in [2.75, 3.05) is 44.2 Å². The van der Waals surface area contributed by atoms with Gasteiger partial charge in [0.1, 0.15) is 5.60 Å². The van der Waals surface area contributed by atoms with E-state index in [9.17, 15) is 13.2 Å². The van der Waals surface area contributed by atoms with E-state index in [-0.39, 0.29) is 16.8 Å². The van der Waals surface area contributed by atoms with Crippen molar-refractivity contribution >= 4 is 21.4 Å². The van der Waals surface area contributed by atoms with Gasteiger partial charge in [0.05, 0.1) is 17.1 Å². The summed E-state index contributed by atoms with van der Waals surface area (Å²) in [6, 6.07) is 8.23. The molecular formula is C48H74N2O4S. The van der Waals surface area contributed by atoms with Gasteiger partial charge < -0.3 is 15.0 Å². The van der Waals surface area contributed by atoms with Crippen LogP contribution in [0.4, 0.5) is 0 Å². The maximum absolute atomic E-state index is 12.8. The van der Waals surface area contributed by atoms with Gasteiger partial charge in [0.2, 0.25) is 0 Å². The van der Waals surface area contributed by atoms with Crippen molar-refractivity contribution in [3.63, 3.8) is 0 Å². The molecule has 5 fully saturated rings. The fraction of sp³-hybridized carbons (Fsp3) is 0.771. The Morgan fingerprint density at radius 3 is 2.24 bits per heavy atom. The molecule has 55 heavy (non-hydrogen) atoms. The number of allylic oxidation sites excluding steroid dienone is 3. The molecule has 5 aliphatic carbocycles. The van der Waals surface area contributed by atoms with Crippen molar-refractivity contribution < 1.29 is 17.9 Å². The number of hydrogen-bond donors (Lipinski definition) is 1. The molecule has 306 valence electrons. The highest BCUT2D eigenvalue weighted by molar-refractivity contribution is 7.91. The maximum Gasteiger partial charge on any atom is 0.338 e. The maximum atomic E-state index is 12.8. The van der Waals surface area contributed by atoms with Gasteiger partial charge in [-0.3, -0.25) is 0 Å². The molecule has 1 heterocycles. The summed E-state index contributed by atoms with van der Waals surface area (Å²) in [6.07, 6.45) is 15.6. The van der Waals surface area contributed by atoms with Gasteiger partial charge in [0.15, 0.2) is 9.84 Å². The van der Waals surface area contributed by atoms with E-state index in [0.717, 1.165) is 37.9 Å². The zero-order valence-electron chi connectivity index (χ0n) is 36.0. The van der Waals surface area contributed by atoms with E-state index in [0.29, 0.717) is 64.2 Å². The summed E-state index contributed by atoms with van der Waals surface area (Å²) in [5, 5.41) is 3.82. The van der Waals surface area contributed by atoms with Crippen LogP contribution in [0.5, 0.6) is 0 Å². The highest BCUT2D eigenvalue weighted by Gasteiger charge is 2.70. The smallest absolute Gasteiger partial charge is 0.338 e. The molecule has 1 N–H and O–H groups in total. The lowest BCUT2D eigenvalue weighted by molar-refractivity contribution is -0.226. The number of rotatable bonds is 9. The van der Waals surface area contributed by atoms with Crippen molar-refractivity contribution in [1.29, 1.82) is 0 Å². The first kappa shape index (κ1) is 41.2. The lowest BCUT2D eigenvalue weighted by atomic mass is 9.32. The molecule has 0 spiro atoms. The predicted molar refractivity (Wildman–Crippen MR) is 227 cm³/mol. The average Bonchev–Trinajstić information content (AvgIpc) is 3.48. The molecule has 1 aromatic carbocycles. The van der Waals surface area contributed by atoms with Crippen LogP contribution >= 0.6 is 0 Å². The summed E-state index contributed by atoms with van der Waals surface area (Å²) in [6.45, 7) is 30.2. The third kappa shape index (κ3) is 7.15. The molecule has 0 aromatic heterocycles. The highest BCUT2D eigenvalue weighted by Crippen LogP contribution is 2.78. The molecular weight excluding hydrogens is 701 g/mol. The average molecular weight is 775 g/mol. The van der Waals surface area contributed by atoms with Gasteiger partial charge in [-0.1, -0.05) is 65.0 Å². The van der Waals surface area contributed by atoms with E-state index in [1.54, 1.807) is 0 Å². The Labute approximate surface area is 335 Å². The monoisotopic (exact) mass is 775 g/mol. The van der Waals surface area contributed by atoms with Crippen LogP contribution in [0, 0.1) is 56.7 Å². The van der Waals surface area contributed by atoms with E-state index < -0.39 is 15.4 Å². The molecule has 1 aliphatic heterocycles. The fourth-order valence-electron chi connectivity index (χ4n) is 14.6. The fourth-order valence-corrected chi connectivity index (χ4v) is 15.9. The van der Waals surface area contributed by atoms with E-state index in [1.807, 2.05) is 32.9 Å². The Balaban J connectivity index is 1.08. The standard InChI is InChI=1S/C48H74N2O4S/c1-33(2)36-17-22-48(25-26-49-27-28-50-29-31-55(52,53)32-30-50)24-23-46(9)38(41(36)48)15-16-40-45(8)20-18-37(44(6,7)39(45)19-21-47(40,46)10)34-11-13-35(14-12-34)42(51)54-43(3,4)5/h11-14,18,36,38-41,49H,1,15-17,19-32H2,2-10H3/t36-,38+,39-,40+,41+,45-,46+,47+,48+/m0/s1. The Morgan fingerprint density at radius 1 is 0.891 bits per heavy atom. The number of benzene rings is 1. The molecule has 7 rings (SSSR count). The van der Waals surface area contributed by atoms with Gasteiger partial charge in [-0.05, 0) is 178 Å². The number of sulfone groups is 1. The topological polar surface area (TPSA) is 75.7 Å². The minimum Gasteiger partial charge on any atom is -0.456 e. The number of ether oxygens (including phenoxy) is 1. The van der Waals surface area contributed by atoms with E-state index in [1.165, 1.54) is 74.5 Å². The second kappa shape index (κ2) is 14.4. The van der Waals surface area contributed by atoms with Crippen molar-refractivity contribution in [2.24, 2.45) is 56.7 Å². The van der Waals surface area contributed by atoms with Crippen LogP contribution in [-0.4, -0.2) is 69.1 Å². The van der Waals surface area contributed by atoms with Gasteiger partial charge in [-0.2, -0.15) is 0 Å². The third-order valence-corrected chi connectivity index (χ3v) is 19.1. The van der Waals surface area contributed by atoms with Crippen molar-refractivity contribution in [1.82, 2.24) is 10.2 Å². The second-order valence-electron chi connectivity index (χ2n) is 21.7. The summed E-state index contributed by atoms with van der Waals surface area (Å²) < 4.78 is 29.5. The molecule has 0 bridgehead atoms. The molecule has 4 saturated carbocycles. The number of carbonyl (C=O) groups excluding carboxylic acids is 1. The summed E-state index contributed by atoms with van der Waals surface area (Å²) in [7, 11) is -2.83. The molecule has 6 nitrogen and oxygen atoms in total. The second-order valence-corrected chi connectivity index (χ2v) is 24.0. The van der Waals surface area contributed by atoms with Crippen LogP contribution in [0.25, 0.3) is 5.57 Å². The molecule has 0 unspecified atom stereocenters. The van der Waals surface area contributed by atoms with E-state index in [4.69, 9.17) is 4.74 Å². The molecule has 7 heteroatoms. The normalized spacial score (nSPS) is 39.5. The van der Waals surface area contributed by atoms with Gasteiger partial charge in [-0.15, -0.1) is 0 Å². The molecule has 9 atom stereocenters.